The summed E-state index contributed by atoms with van der Waals surface area (Å²) in [5, 5.41) is 9.03. The molecule has 0 radical (unpaired) electrons. The molecule has 0 aliphatic carbocycles. The number of carboxylic acids is 1. The molecule has 0 saturated carbocycles. The number of methoxy groups -OCH3 is 1. The summed E-state index contributed by atoms with van der Waals surface area (Å²) in [4.78, 5) is 15.2. The second kappa shape index (κ2) is 4.87. The molecule has 1 heterocycles. The Bertz CT molecular complexity index is 593. The van der Waals surface area contributed by atoms with E-state index < -0.39 is 5.97 Å². The van der Waals surface area contributed by atoms with E-state index in [1.165, 1.54) is 13.2 Å². The van der Waals surface area contributed by atoms with Crippen molar-refractivity contribution < 1.29 is 14.6 Å². The molecule has 0 bridgehead atoms. The van der Waals surface area contributed by atoms with Crippen LogP contribution in [0.2, 0.25) is 0 Å². The molecule has 0 atom stereocenters. The van der Waals surface area contributed by atoms with E-state index in [0.29, 0.717) is 11.4 Å². The molecule has 0 amide bonds. The zero-order chi connectivity index (χ0) is 13.1. The van der Waals surface area contributed by atoms with E-state index in [4.69, 9.17) is 9.84 Å². The number of aromatic carboxylic acids is 1. The van der Waals surface area contributed by atoms with E-state index in [-0.39, 0.29) is 5.69 Å². The van der Waals surface area contributed by atoms with E-state index >= 15 is 0 Å². The number of rotatable bonds is 3. The number of hydrogen-bond donors (Lipinski definition) is 1. The smallest absolute Gasteiger partial charge is 0.354 e. The van der Waals surface area contributed by atoms with Crippen LogP contribution in [0.15, 0.2) is 36.4 Å². The Balaban J connectivity index is 2.60. The molecule has 0 aliphatic heterocycles. The third kappa shape index (κ3) is 2.32. The molecule has 1 aromatic heterocycles. The van der Waals surface area contributed by atoms with Gasteiger partial charge in [-0.2, -0.15) is 0 Å². The van der Waals surface area contributed by atoms with Gasteiger partial charge in [0, 0.05) is 17.7 Å². The van der Waals surface area contributed by atoms with Crippen molar-refractivity contribution in [3.05, 3.63) is 47.7 Å². The molecule has 2 rings (SSSR count). The van der Waals surface area contributed by atoms with Gasteiger partial charge in [0.05, 0.1) is 12.8 Å². The predicted molar refractivity (Wildman–Crippen MR) is 67.9 cm³/mol. The zero-order valence-electron chi connectivity index (χ0n) is 10.2. The highest BCUT2D eigenvalue weighted by Crippen LogP contribution is 2.25. The third-order valence-electron chi connectivity index (χ3n) is 2.67. The first kappa shape index (κ1) is 12.1. The van der Waals surface area contributed by atoms with Crippen LogP contribution in [-0.4, -0.2) is 23.2 Å². The highest BCUT2D eigenvalue weighted by Gasteiger charge is 2.11. The summed E-state index contributed by atoms with van der Waals surface area (Å²) < 4.78 is 5.10. The van der Waals surface area contributed by atoms with Crippen molar-refractivity contribution >= 4 is 5.97 Å². The summed E-state index contributed by atoms with van der Waals surface area (Å²) in [6.45, 7) is 1.96. The van der Waals surface area contributed by atoms with E-state index in [1.807, 2.05) is 31.2 Å². The average molecular weight is 243 g/mol. The Hall–Kier alpha value is -2.36. The van der Waals surface area contributed by atoms with Crippen molar-refractivity contribution in [1.29, 1.82) is 0 Å². The summed E-state index contributed by atoms with van der Waals surface area (Å²) in [6.07, 6.45) is 0. The molecule has 0 unspecified atom stereocenters. The normalized spacial score (nSPS) is 10.1. The molecule has 18 heavy (non-hydrogen) atoms. The van der Waals surface area contributed by atoms with Crippen molar-refractivity contribution in [3.8, 4) is 17.0 Å². The topological polar surface area (TPSA) is 59.4 Å². The van der Waals surface area contributed by atoms with Crippen molar-refractivity contribution in [2.24, 2.45) is 0 Å². The van der Waals surface area contributed by atoms with Gasteiger partial charge in [-0.05, 0) is 12.5 Å². The molecule has 92 valence electrons. The number of carboxylic acid groups (broad SMARTS) is 1. The van der Waals surface area contributed by atoms with Gasteiger partial charge in [0.1, 0.15) is 5.75 Å². The minimum absolute atomic E-state index is 0.0207. The van der Waals surface area contributed by atoms with Crippen LogP contribution in [0, 0.1) is 6.92 Å². The second-order valence-electron chi connectivity index (χ2n) is 3.90. The van der Waals surface area contributed by atoms with Gasteiger partial charge < -0.3 is 9.84 Å². The number of nitrogens with zero attached hydrogens (tertiary/aromatic N) is 1. The molecule has 0 aliphatic rings. The van der Waals surface area contributed by atoms with Crippen molar-refractivity contribution in [2.45, 2.75) is 6.92 Å². The molecule has 4 heteroatoms. The lowest BCUT2D eigenvalue weighted by atomic mass is 10.0. The molecule has 1 N–H and O–H groups in total. The van der Waals surface area contributed by atoms with Crippen molar-refractivity contribution in [2.75, 3.05) is 7.11 Å². The fourth-order valence-corrected chi connectivity index (χ4v) is 1.73. The predicted octanol–water partition coefficient (Wildman–Crippen LogP) is 2.76. The van der Waals surface area contributed by atoms with Crippen LogP contribution in [0.25, 0.3) is 11.3 Å². The first-order valence-electron chi connectivity index (χ1n) is 5.47. The summed E-state index contributed by atoms with van der Waals surface area (Å²) in [5.41, 5.74) is 2.52. The molecule has 2 aromatic rings. The van der Waals surface area contributed by atoms with Gasteiger partial charge in [-0.1, -0.05) is 24.3 Å². The van der Waals surface area contributed by atoms with Crippen LogP contribution < -0.4 is 4.74 Å². The molecule has 0 fully saturated rings. The minimum Gasteiger partial charge on any atom is -0.497 e. The number of ether oxygens (including phenoxy) is 1. The number of pyridine rings is 1. The lowest BCUT2D eigenvalue weighted by Gasteiger charge is -2.08. The Morgan fingerprint density at radius 1 is 1.28 bits per heavy atom. The summed E-state index contributed by atoms with van der Waals surface area (Å²) in [7, 11) is 1.50. The summed E-state index contributed by atoms with van der Waals surface area (Å²) in [6, 6.07) is 10.8. The maximum Gasteiger partial charge on any atom is 0.354 e. The largest absolute Gasteiger partial charge is 0.497 e. The third-order valence-corrected chi connectivity index (χ3v) is 2.67. The zero-order valence-corrected chi connectivity index (χ0v) is 10.2. The fourth-order valence-electron chi connectivity index (χ4n) is 1.73. The van der Waals surface area contributed by atoms with Crippen LogP contribution in [0.1, 0.15) is 16.1 Å². The summed E-state index contributed by atoms with van der Waals surface area (Å²) >= 11 is 0. The second-order valence-corrected chi connectivity index (χ2v) is 3.90. The molecular formula is C14H13NO3. The highest BCUT2D eigenvalue weighted by molar-refractivity contribution is 5.87. The van der Waals surface area contributed by atoms with Gasteiger partial charge >= 0.3 is 5.97 Å². The fraction of sp³-hybridized carbons (Fsp3) is 0.143. The quantitative estimate of drug-likeness (QED) is 0.900. The monoisotopic (exact) mass is 243 g/mol. The maximum atomic E-state index is 11.0. The van der Waals surface area contributed by atoms with Gasteiger partial charge in [0.15, 0.2) is 5.69 Å². The number of carbonyl (C=O) groups is 1. The lowest BCUT2D eigenvalue weighted by Crippen LogP contribution is -2.02. The van der Waals surface area contributed by atoms with Crippen LogP contribution in [-0.2, 0) is 0 Å². The maximum absolute atomic E-state index is 11.0. The van der Waals surface area contributed by atoms with E-state index in [1.54, 1.807) is 6.07 Å². The lowest BCUT2D eigenvalue weighted by molar-refractivity contribution is 0.0690. The summed E-state index contributed by atoms with van der Waals surface area (Å²) in [5.74, 6) is -0.579. The Labute approximate surface area is 105 Å². The van der Waals surface area contributed by atoms with Gasteiger partial charge in [-0.15, -0.1) is 0 Å². The molecule has 4 nitrogen and oxygen atoms in total. The van der Waals surface area contributed by atoms with Gasteiger partial charge in [-0.25, -0.2) is 9.78 Å². The van der Waals surface area contributed by atoms with Crippen LogP contribution in [0.4, 0.5) is 0 Å². The Morgan fingerprint density at radius 2 is 2.00 bits per heavy atom. The minimum atomic E-state index is -1.07. The first-order chi connectivity index (χ1) is 8.61. The van der Waals surface area contributed by atoms with Crippen LogP contribution in [0.5, 0.6) is 5.75 Å². The Morgan fingerprint density at radius 3 is 2.61 bits per heavy atom. The van der Waals surface area contributed by atoms with Crippen molar-refractivity contribution in [1.82, 2.24) is 4.98 Å². The SMILES string of the molecule is COc1cc(C(=O)O)nc(-c2ccccc2C)c1. The van der Waals surface area contributed by atoms with Crippen molar-refractivity contribution in [3.63, 3.8) is 0 Å². The number of benzene rings is 1. The average Bonchev–Trinajstić information content (AvgIpc) is 2.38. The van der Waals surface area contributed by atoms with Crippen LogP contribution in [0.3, 0.4) is 0 Å². The molecular weight excluding hydrogens is 230 g/mol. The van der Waals surface area contributed by atoms with E-state index in [0.717, 1.165) is 11.1 Å². The molecule has 0 saturated heterocycles. The first-order valence-corrected chi connectivity index (χ1v) is 5.47. The number of hydrogen-bond acceptors (Lipinski definition) is 3. The molecule has 1 aromatic carbocycles. The van der Waals surface area contributed by atoms with Gasteiger partial charge in [0.25, 0.3) is 0 Å². The Kier molecular flexibility index (Phi) is 3.28. The van der Waals surface area contributed by atoms with Gasteiger partial charge in [0.2, 0.25) is 0 Å². The molecule has 0 spiro atoms. The van der Waals surface area contributed by atoms with Crippen LogP contribution >= 0.6 is 0 Å². The number of aromatic nitrogens is 1. The van der Waals surface area contributed by atoms with Gasteiger partial charge in [-0.3, -0.25) is 0 Å². The van der Waals surface area contributed by atoms with E-state index in [9.17, 15) is 4.79 Å². The highest BCUT2D eigenvalue weighted by atomic mass is 16.5. The van der Waals surface area contributed by atoms with E-state index in [2.05, 4.69) is 4.98 Å². The number of aryl methyl sites for hydroxylation is 1. The standard InChI is InChI=1S/C14H13NO3/c1-9-5-3-4-6-11(9)12-7-10(18-2)8-13(15-12)14(16)17/h3-8H,1-2H3,(H,16,17).